The maximum Gasteiger partial charge on any atom is 0.253 e. The van der Waals surface area contributed by atoms with E-state index in [1.165, 1.54) is 18.2 Å². The van der Waals surface area contributed by atoms with Crippen LogP contribution in [0.3, 0.4) is 0 Å². The Balaban J connectivity index is 2.63. The van der Waals surface area contributed by atoms with Gasteiger partial charge in [-0.3, -0.25) is 10.2 Å². The normalized spacial score (nSPS) is 9.64. The Morgan fingerprint density at radius 2 is 2.29 bits per heavy atom. The summed E-state index contributed by atoms with van der Waals surface area (Å²) in [6.07, 6.45) is 0. The molecule has 0 heterocycles. The van der Waals surface area contributed by atoms with Gasteiger partial charge in [0.1, 0.15) is 5.82 Å². The fourth-order valence-corrected chi connectivity index (χ4v) is 1.35. The number of carbonyl (C=O) groups is 1. The second-order valence-corrected chi connectivity index (χ2v) is 3.40. The molecule has 0 saturated carbocycles. The molecule has 6 heteroatoms. The van der Waals surface area contributed by atoms with Gasteiger partial charge in [-0.1, -0.05) is 0 Å². The van der Waals surface area contributed by atoms with Crippen molar-refractivity contribution in [1.29, 1.82) is 0 Å². The Hall–Kier alpha value is -1.14. The highest BCUT2D eigenvalue weighted by Gasteiger charge is 2.02. The van der Waals surface area contributed by atoms with Gasteiger partial charge >= 0.3 is 0 Å². The van der Waals surface area contributed by atoms with Gasteiger partial charge in [0.2, 0.25) is 0 Å². The van der Waals surface area contributed by atoms with Gasteiger partial charge in [0.15, 0.2) is 0 Å². The fraction of sp³-hybridized carbons (Fsp3) is 0.125. The smallest absolute Gasteiger partial charge is 0.253 e. The Kier molecular flexibility index (Phi) is 3.84. The Morgan fingerprint density at radius 1 is 1.57 bits per heavy atom. The van der Waals surface area contributed by atoms with Gasteiger partial charge in [-0.25, -0.2) is 10.2 Å². The summed E-state index contributed by atoms with van der Waals surface area (Å²) < 4.78 is 13.2. The highest BCUT2D eigenvalue weighted by atomic mass is 79.9. The van der Waals surface area contributed by atoms with E-state index in [0.29, 0.717) is 10.2 Å². The fourth-order valence-electron chi connectivity index (χ4n) is 0.859. The van der Waals surface area contributed by atoms with Gasteiger partial charge in [0.05, 0.1) is 6.54 Å². The number of nitrogens with two attached hydrogens (primary N) is 1. The summed E-state index contributed by atoms with van der Waals surface area (Å²) >= 11 is 3.15. The maximum atomic E-state index is 12.7. The third kappa shape index (κ3) is 2.97. The zero-order valence-electron chi connectivity index (χ0n) is 7.18. The summed E-state index contributed by atoms with van der Waals surface area (Å²) in [6.45, 7) is 0.0424. The van der Waals surface area contributed by atoms with E-state index in [9.17, 15) is 9.18 Å². The molecule has 1 aromatic rings. The largest absolute Gasteiger partial charge is 0.375 e. The number of nitrogens with one attached hydrogen (secondary N) is 2. The second kappa shape index (κ2) is 4.92. The minimum Gasteiger partial charge on any atom is -0.375 e. The summed E-state index contributed by atoms with van der Waals surface area (Å²) in [5.41, 5.74) is 2.61. The standard InChI is InChI=1S/C8H9BrFN3O/c9-6-3-5(10)1-2-7(6)12-4-8(14)13-11/h1-3,12H,4,11H2,(H,13,14). The highest BCUT2D eigenvalue weighted by Crippen LogP contribution is 2.22. The van der Waals surface area contributed by atoms with E-state index in [-0.39, 0.29) is 18.3 Å². The van der Waals surface area contributed by atoms with Crippen LogP contribution in [0.15, 0.2) is 22.7 Å². The first kappa shape index (κ1) is 10.9. The van der Waals surface area contributed by atoms with Gasteiger partial charge in [0, 0.05) is 10.2 Å². The van der Waals surface area contributed by atoms with Gasteiger partial charge < -0.3 is 5.32 Å². The number of benzene rings is 1. The van der Waals surface area contributed by atoms with E-state index in [2.05, 4.69) is 21.2 Å². The minimum absolute atomic E-state index is 0.0424. The van der Waals surface area contributed by atoms with Crippen molar-refractivity contribution in [1.82, 2.24) is 5.43 Å². The minimum atomic E-state index is -0.346. The Bertz CT molecular complexity index is 345. The molecule has 0 aromatic heterocycles. The molecule has 14 heavy (non-hydrogen) atoms. The third-order valence-electron chi connectivity index (χ3n) is 1.53. The van der Waals surface area contributed by atoms with Crippen LogP contribution in [0.1, 0.15) is 0 Å². The molecule has 0 bridgehead atoms. The number of anilines is 1. The number of hydrogen-bond donors (Lipinski definition) is 3. The monoisotopic (exact) mass is 261 g/mol. The van der Waals surface area contributed by atoms with Crippen LogP contribution in [0.25, 0.3) is 0 Å². The molecular formula is C8H9BrFN3O. The molecule has 0 aliphatic heterocycles. The van der Waals surface area contributed by atoms with Crippen molar-refractivity contribution in [3.05, 3.63) is 28.5 Å². The average Bonchev–Trinajstić information content (AvgIpc) is 2.16. The molecule has 0 fully saturated rings. The van der Waals surface area contributed by atoms with Crippen LogP contribution in [0.4, 0.5) is 10.1 Å². The maximum absolute atomic E-state index is 12.7. The molecule has 0 aliphatic rings. The van der Waals surface area contributed by atoms with E-state index in [1.54, 1.807) is 0 Å². The SMILES string of the molecule is NNC(=O)CNc1ccc(F)cc1Br. The van der Waals surface area contributed by atoms with Crippen molar-refractivity contribution >= 4 is 27.5 Å². The molecule has 1 rings (SSSR count). The molecule has 1 amide bonds. The molecule has 0 atom stereocenters. The van der Waals surface area contributed by atoms with Crippen molar-refractivity contribution in [2.75, 3.05) is 11.9 Å². The lowest BCUT2D eigenvalue weighted by atomic mass is 10.3. The van der Waals surface area contributed by atoms with Gasteiger partial charge in [-0.15, -0.1) is 0 Å². The first-order valence-electron chi connectivity index (χ1n) is 3.82. The van der Waals surface area contributed by atoms with Gasteiger partial charge in [-0.2, -0.15) is 0 Å². The van der Waals surface area contributed by atoms with Crippen LogP contribution >= 0.6 is 15.9 Å². The number of amides is 1. The number of halogens is 2. The molecular weight excluding hydrogens is 253 g/mol. The first-order chi connectivity index (χ1) is 6.63. The molecule has 1 aromatic carbocycles. The van der Waals surface area contributed by atoms with Crippen LogP contribution in [0.5, 0.6) is 0 Å². The Morgan fingerprint density at radius 3 is 2.86 bits per heavy atom. The third-order valence-corrected chi connectivity index (χ3v) is 2.19. The zero-order valence-corrected chi connectivity index (χ0v) is 8.77. The lowest BCUT2D eigenvalue weighted by Crippen LogP contribution is -2.35. The molecule has 4 N–H and O–H groups in total. The number of hydrazine groups is 1. The van der Waals surface area contributed by atoms with Gasteiger partial charge in [0.25, 0.3) is 5.91 Å². The van der Waals surface area contributed by atoms with E-state index >= 15 is 0 Å². The van der Waals surface area contributed by atoms with E-state index < -0.39 is 0 Å². The topological polar surface area (TPSA) is 67.1 Å². The quantitative estimate of drug-likeness (QED) is 0.432. The molecule has 0 spiro atoms. The van der Waals surface area contributed by atoms with E-state index in [1.807, 2.05) is 5.43 Å². The van der Waals surface area contributed by atoms with Crippen molar-refractivity contribution < 1.29 is 9.18 Å². The summed E-state index contributed by atoms with van der Waals surface area (Å²) in [7, 11) is 0. The highest BCUT2D eigenvalue weighted by molar-refractivity contribution is 9.10. The van der Waals surface area contributed by atoms with E-state index in [4.69, 9.17) is 5.84 Å². The molecule has 0 saturated heterocycles. The van der Waals surface area contributed by atoms with Crippen molar-refractivity contribution in [3.8, 4) is 0 Å². The number of hydrogen-bond acceptors (Lipinski definition) is 3. The molecule has 76 valence electrons. The van der Waals surface area contributed by atoms with Crippen molar-refractivity contribution in [2.24, 2.45) is 5.84 Å². The number of carbonyl (C=O) groups excluding carboxylic acids is 1. The predicted molar refractivity (Wildman–Crippen MR) is 54.9 cm³/mol. The molecule has 0 aliphatic carbocycles. The van der Waals surface area contributed by atoms with Crippen molar-refractivity contribution in [2.45, 2.75) is 0 Å². The lowest BCUT2D eigenvalue weighted by molar-refractivity contribution is -0.119. The summed E-state index contributed by atoms with van der Waals surface area (Å²) in [4.78, 5) is 10.8. The first-order valence-corrected chi connectivity index (χ1v) is 4.61. The van der Waals surface area contributed by atoms with Crippen molar-refractivity contribution in [3.63, 3.8) is 0 Å². The summed E-state index contributed by atoms with van der Waals surface area (Å²) in [6, 6.07) is 4.14. The Labute approximate surface area is 88.8 Å². The van der Waals surface area contributed by atoms with Crippen LogP contribution in [0.2, 0.25) is 0 Å². The number of rotatable bonds is 3. The predicted octanol–water partition coefficient (Wildman–Crippen LogP) is 0.990. The van der Waals surface area contributed by atoms with Crippen LogP contribution in [-0.4, -0.2) is 12.5 Å². The summed E-state index contributed by atoms with van der Waals surface area (Å²) in [5, 5.41) is 2.79. The van der Waals surface area contributed by atoms with Crippen LogP contribution < -0.4 is 16.6 Å². The molecule has 0 radical (unpaired) electrons. The van der Waals surface area contributed by atoms with Crippen LogP contribution in [-0.2, 0) is 4.79 Å². The van der Waals surface area contributed by atoms with Crippen LogP contribution in [0, 0.1) is 5.82 Å². The average molecular weight is 262 g/mol. The zero-order chi connectivity index (χ0) is 10.6. The summed E-state index contributed by atoms with van der Waals surface area (Å²) in [5.74, 6) is 4.20. The molecule has 0 unspecified atom stereocenters. The molecule has 4 nitrogen and oxygen atoms in total. The lowest BCUT2D eigenvalue weighted by Gasteiger charge is -2.07. The second-order valence-electron chi connectivity index (χ2n) is 2.55. The van der Waals surface area contributed by atoms with Gasteiger partial charge in [-0.05, 0) is 34.1 Å². The van der Waals surface area contributed by atoms with E-state index in [0.717, 1.165) is 0 Å².